The molecule has 2 heterocycles. The molecule has 0 unspecified atom stereocenters. The maximum atomic E-state index is 14.0. The molecule has 2 aromatic rings. The molecule has 0 atom stereocenters. The average Bonchev–Trinajstić information content (AvgIpc) is 3.62. The molecule has 194 valence electrons. The number of hydrogen-bond donors (Lipinski definition) is 1. The van der Waals surface area contributed by atoms with Crippen LogP contribution in [0.4, 0.5) is 28.0 Å². The second-order valence-electron chi connectivity index (χ2n) is 10.3. The van der Waals surface area contributed by atoms with Gasteiger partial charge in [-0.1, -0.05) is 12.1 Å². The van der Waals surface area contributed by atoms with Crippen molar-refractivity contribution in [3.63, 3.8) is 0 Å². The third-order valence-electron chi connectivity index (χ3n) is 7.69. The number of amides is 2. The van der Waals surface area contributed by atoms with Crippen molar-refractivity contribution in [1.82, 2.24) is 20.2 Å². The largest absolute Gasteiger partial charge is 0.466 e. The van der Waals surface area contributed by atoms with E-state index in [1.807, 2.05) is 20.2 Å². The van der Waals surface area contributed by atoms with Gasteiger partial charge in [-0.2, -0.15) is 18.2 Å². The Hall–Kier alpha value is -2.95. The van der Waals surface area contributed by atoms with Crippen molar-refractivity contribution in [3.8, 4) is 5.88 Å². The van der Waals surface area contributed by atoms with Gasteiger partial charge in [0.05, 0.1) is 18.3 Å². The summed E-state index contributed by atoms with van der Waals surface area (Å²) in [5.41, 5.74) is 0.0602. The smallest absolute Gasteiger partial charge is 0.422 e. The summed E-state index contributed by atoms with van der Waals surface area (Å²) in [5, 5.41) is 3.07. The first-order chi connectivity index (χ1) is 17.0. The van der Waals surface area contributed by atoms with Crippen LogP contribution in [0.25, 0.3) is 0 Å². The minimum atomic E-state index is -4.54. The summed E-state index contributed by atoms with van der Waals surface area (Å²) in [6, 6.07) is 6.18. The fourth-order valence-electron chi connectivity index (χ4n) is 5.45. The van der Waals surface area contributed by atoms with Gasteiger partial charge in [-0.05, 0) is 70.3 Å². The molecule has 11 heteroatoms. The molecule has 2 amide bonds. The molecule has 1 aromatic heterocycles. The van der Waals surface area contributed by atoms with Crippen LogP contribution in [-0.4, -0.2) is 59.9 Å². The summed E-state index contributed by atoms with van der Waals surface area (Å²) in [7, 11) is 3.93. The van der Waals surface area contributed by atoms with Crippen molar-refractivity contribution in [1.29, 1.82) is 0 Å². The predicted octanol–water partition coefficient (Wildman–Crippen LogP) is 4.73. The van der Waals surface area contributed by atoms with Crippen LogP contribution in [0.2, 0.25) is 0 Å². The number of carbonyl (C=O) groups excluding carboxylic acids is 1. The highest BCUT2D eigenvalue weighted by Gasteiger charge is 2.51. The molecule has 1 spiro atoms. The Morgan fingerprint density at radius 3 is 2.53 bits per heavy atom. The van der Waals surface area contributed by atoms with Crippen LogP contribution in [0.5, 0.6) is 5.88 Å². The number of rotatable bonds is 6. The molecule has 5 rings (SSSR count). The number of nitrogens with zero attached hydrogens (tertiary/aromatic N) is 4. The standard InChI is InChI=1S/C25H29F4N5O2/c1-33(2)24(17-4-3-5-18(26)12-17)10-8-23(9-11-24)14-34(22(35)32-23)19-13-30-20(16-6-7-16)31-21(19)36-15-25(27,28)29/h3-5,12-13,16H,6-11,14-15H2,1-2H3,(H,32,35)/t23-,24+. The average molecular weight is 508 g/mol. The van der Waals surface area contributed by atoms with Crippen LogP contribution in [0.1, 0.15) is 55.8 Å². The van der Waals surface area contributed by atoms with Crippen molar-refractivity contribution in [3.05, 3.63) is 47.7 Å². The number of nitrogens with one attached hydrogen (secondary N) is 1. The number of ether oxygens (including phenoxy) is 1. The zero-order valence-electron chi connectivity index (χ0n) is 20.2. The van der Waals surface area contributed by atoms with Crippen molar-refractivity contribution < 1.29 is 27.1 Å². The van der Waals surface area contributed by atoms with Crippen LogP contribution in [-0.2, 0) is 5.54 Å². The van der Waals surface area contributed by atoms with Gasteiger partial charge in [0.1, 0.15) is 17.3 Å². The Morgan fingerprint density at radius 2 is 1.92 bits per heavy atom. The zero-order valence-corrected chi connectivity index (χ0v) is 20.2. The van der Waals surface area contributed by atoms with Gasteiger partial charge < -0.3 is 10.1 Å². The van der Waals surface area contributed by atoms with Gasteiger partial charge in [-0.25, -0.2) is 14.2 Å². The highest BCUT2D eigenvalue weighted by molar-refractivity contribution is 5.96. The third kappa shape index (κ3) is 4.72. The van der Waals surface area contributed by atoms with E-state index in [1.54, 1.807) is 12.1 Å². The van der Waals surface area contributed by atoms with Gasteiger partial charge in [0.2, 0.25) is 5.88 Å². The number of alkyl halides is 3. The van der Waals surface area contributed by atoms with E-state index >= 15 is 0 Å². The fourth-order valence-corrected chi connectivity index (χ4v) is 5.45. The van der Waals surface area contributed by atoms with E-state index in [9.17, 15) is 22.4 Å². The number of urea groups is 1. The Balaban J connectivity index is 1.38. The number of carbonyl (C=O) groups is 1. The van der Waals surface area contributed by atoms with E-state index in [2.05, 4.69) is 20.2 Å². The molecule has 1 N–H and O–H groups in total. The Bertz CT molecular complexity index is 1140. The number of anilines is 1. The molecule has 7 nitrogen and oxygen atoms in total. The first-order valence-corrected chi connectivity index (χ1v) is 12.1. The second kappa shape index (κ2) is 8.86. The lowest BCUT2D eigenvalue weighted by atomic mass is 9.69. The molecule has 3 fully saturated rings. The van der Waals surface area contributed by atoms with Crippen LogP contribution in [0.15, 0.2) is 30.5 Å². The van der Waals surface area contributed by atoms with E-state index in [-0.39, 0.29) is 35.4 Å². The highest BCUT2D eigenvalue weighted by Crippen LogP contribution is 2.47. The summed E-state index contributed by atoms with van der Waals surface area (Å²) in [6.45, 7) is -1.24. The molecule has 3 aliphatic rings. The first kappa shape index (κ1) is 24.7. The fraction of sp³-hybridized carbons (Fsp3) is 0.560. The maximum absolute atomic E-state index is 14.0. The summed E-state index contributed by atoms with van der Waals surface area (Å²) in [4.78, 5) is 25.1. The Morgan fingerprint density at radius 1 is 1.19 bits per heavy atom. The maximum Gasteiger partial charge on any atom is 0.422 e. The van der Waals surface area contributed by atoms with Crippen LogP contribution in [0.3, 0.4) is 0 Å². The van der Waals surface area contributed by atoms with Gasteiger partial charge in [0, 0.05) is 11.5 Å². The number of halogens is 4. The van der Waals surface area contributed by atoms with E-state index in [1.165, 1.54) is 17.2 Å². The Labute approximate surface area is 206 Å². The second-order valence-corrected chi connectivity index (χ2v) is 10.3. The lowest BCUT2D eigenvalue weighted by molar-refractivity contribution is -0.154. The van der Waals surface area contributed by atoms with Gasteiger partial charge in [-0.15, -0.1) is 0 Å². The molecule has 1 aliphatic heterocycles. The van der Waals surface area contributed by atoms with E-state index in [4.69, 9.17) is 4.74 Å². The molecule has 1 aromatic carbocycles. The topological polar surface area (TPSA) is 70.6 Å². The minimum absolute atomic E-state index is 0.117. The van der Waals surface area contributed by atoms with Gasteiger partial charge in [-0.3, -0.25) is 9.80 Å². The van der Waals surface area contributed by atoms with Crippen molar-refractivity contribution in [2.75, 3.05) is 32.1 Å². The van der Waals surface area contributed by atoms with Crippen molar-refractivity contribution in [2.24, 2.45) is 0 Å². The number of benzene rings is 1. The quantitative estimate of drug-likeness (QED) is 0.573. The highest BCUT2D eigenvalue weighted by atomic mass is 19.4. The summed E-state index contributed by atoms with van der Waals surface area (Å²) in [5.74, 6) is 0.0325. The van der Waals surface area contributed by atoms with Gasteiger partial charge >= 0.3 is 12.2 Å². The van der Waals surface area contributed by atoms with Gasteiger partial charge in [0.15, 0.2) is 6.61 Å². The van der Waals surface area contributed by atoms with E-state index in [0.717, 1.165) is 18.4 Å². The predicted molar refractivity (Wildman–Crippen MR) is 124 cm³/mol. The lowest BCUT2D eigenvalue weighted by Crippen LogP contribution is -2.54. The molecule has 0 radical (unpaired) electrons. The van der Waals surface area contributed by atoms with E-state index < -0.39 is 24.4 Å². The molecule has 1 saturated heterocycles. The van der Waals surface area contributed by atoms with Crippen molar-refractivity contribution >= 4 is 11.7 Å². The summed E-state index contributed by atoms with van der Waals surface area (Å²) >= 11 is 0. The van der Waals surface area contributed by atoms with Crippen LogP contribution >= 0.6 is 0 Å². The SMILES string of the molecule is CN(C)[C@]1(c2cccc(F)c2)CC[C@]2(CC1)CN(c1cnc(C3CC3)nc1OCC(F)(F)F)C(=O)N2. The summed E-state index contributed by atoms with van der Waals surface area (Å²) in [6.07, 6.45) is 1.19. The summed E-state index contributed by atoms with van der Waals surface area (Å²) < 4.78 is 57.8. The molecular weight excluding hydrogens is 478 g/mol. The van der Waals surface area contributed by atoms with Gasteiger partial charge in [0.25, 0.3) is 0 Å². The van der Waals surface area contributed by atoms with Crippen molar-refractivity contribution in [2.45, 2.75) is 61.7 Å². The zero-order chi connectivity index (χ0) is 25.7. The normalized spacial score (nSPS) is 26.5. The number of hydrogen-bond acceptors (Lipinski definition) is 5. The van der Waals surface area contributed by atoms with E-state index in [0.29, 0.717) is 31.5 Å². The van der Waals surface area contributed by atoms with Crippen LogP contribution in [0, 0.1) is 5.82 Å². The Kier molecular flexibility index (Phi) is 6.09. The molecule has 2 saturated carbocycles. The minimum Gasteiger partial charge on any atom is -0.466 e. The molecular formula is C25H29F4N5O2. The lowest BCUT2D eigenvalue weighted by Gasteiger charge is -2.48. The molecule has 2 aliphatic carbocycles. The van der Waals surface area contributed by atoms with Crippen LogP contribution < -0.4 is 15.0 Å². The molecule has 0 bridgehead atoms. The third-order valence-corrected chi connectivity index (χ3v) is 7.69. The monoisotopic (exact) mass is 507 g/mol. The molecule has 36 heavy (non-hydrogen) atoms. The first-order valence-electron chi connectivity index (χ1n) is 12.1. The number of aromatic nitrogens is 2.